The first-order valence-corrected chi connectivity index (χ1v) is 6.20. The first-order valence-electron chi connectivity index (χ1n) is 6.20. The Labute approximate surface area is 120 Å². The molecule has 8 nitrogen and oxygen atoms in total. The van der Waals surface area contributed by atoms with E-state index in [1.54, 1.807) is 6.92 Å². The summed E-state index contributed by atoms with van der Waals surface area (Å²) in [6.45, 7) is 1.88. The van der Waals surface area contributed by atoms with E-state index < -0.39 is 23.0 Å². The lowest BCUT2D eigenvalue weighted by atomic mass is 9.98. The maximum absolute atomic E-state index is 11.3. The molecule has 0 aliphatic heterocycles. The summed E-state index contributed by atoms with van der Waals surface area (Å²) < 4.78 is 4.75. The fraction of sp³-hybridized carbons (Fsp3) is 0.385. The molecule has 1 aromatic carbocycles. The standard InChI is InChI=1S/C13H15NO7/c1-2-21-11(15)6-4-8-3-5-9(14(19)20)7-10(8)12(16)13(17)18/h3,5,7,12,16H,2,4,6H2,1H3,(H,17,18). The number of hydrogen-bond acceptors (Lipinski definition) is 6. The van der Waals surface area contributed by atoms with Crippen LogP contribution in [0.15, 0.2) is 18.2 Å². The third-order valence-corrected chi connectivity index (χ3v) is 2.77. The van der Waals surface area contributed by atoms with E-state index in [1.807, 2.05) is 0 Å². The molecule has 0 radical (unpaired) electrons. The fourth-order valence-corrected chi connectivity index (χ4v) is 1.78. The number of aliphatic carboxylic acids is 1. The van der Waals surface area contributed by atoms with Gasteiger partial charge >= 0.3 is 11.9 Å². The van der Waals surface area contributed by atoms with Gasteiger partial charge in [0.2, 0.25) is 0 Å². The van der Waals surface area contributed by atoms with Crippen LogP contribution in [0.25, 0.3) is 0 Å². The number of carboxylic acid groups (broad SMARTS) is 1. The quantitative estimate of drug-likeness (QED) is 0.440. The van der Waals surface area contributed by atoms with E-state index in [0.29, 0.717) is 5.56 Å². The highest BCUT2D eigenvalue weighted by molar-refractivity contribution is 5.75. The van der Waals surface area contributed by atoms with Gasteiger partial charge in [-0.15, -0.1) is 0 Å². The molecule has 0 aliphatic carbocycles. The van der Waals surface area contributed by atoms with Gasteiger partial charge in [-0.3, -0.25) is 14.9 Å². The van der Waals surface area contributed by atoms with Gasteiger partial charge in [-0.1, -0.05) is 6.07 Å². The lowest BCUT2D eigenvalue weighted by Gasteiger charge is -2.12. The van der Waals surface area contributed by atoms with Gasteiger partial charge in [0, 0.05) is 24.1 Å². The summed E-state index contributed by atoms with van der Waals surface area (Å²) >= 11 is 0. The van der Waals surface area contributed by atoms with Gasteiger partial charge in [-0.2, -0.15) is 0 Å². The summed E-state index contributed by atoms with van der Waals surface area (Å²) in [5, 5.41) is 29.2. The summed E-state index contributed by atoms with van der Waals surface area (Å²) in [5.41, 5.74) is -0.0743. The molecule has 8 heteroatoms. The van der Waals surface area contributed by atoms with E-state index in [2.05, 4.69) is 0 Å². The zero-order valence-corrected chi connectivity index (χ0v) is 11.3. The van der Waals surface area contributed by atoms with Crippen molar-refractivity contribution in [2.45, 2.75) is 25.9 Å². The number of nitrogens with zero attached hydrogens (tertiary/aromatic N) is 1. The summed E-state index contributed by atoms with van der Waals surface area (Å²) in [6.07, 6.45) is -1.77. The van der Waals surface area contributed by atoms with Gasteiger partial charge in [0.25, 0.3) is 5.69 Å². The van der Waals surface area contributed by atoms with Gasteiger partial charge in [-0.05, 0) is 18.9 Å². The average molecular weight is 297 g/mol. The molecule has 21 heavy (non-hydrogen) atoms. The van der Waals surface area contributed by atoms with Gasteiger partial charge in [-0.25, -0.2) is 4.79 Å². The third kappa shape index (κ3) is 4.53. The first-order chi connectivity index (χ1) is 9.86. The van der Waals surface area contributed by atoms with Crippen LogP contribution >= 0.6 is 0 Å². The minimum Gasteiger partial charge on any atom is -0.479 e. The Balaban J connectivity index is 3.04. The molecule has 1 atom stereocenters. The van der Waals surface area contributed by atoms with Crippen LogP contribution in [0.2, 0.25) is 0 Å². The molecule has 0 aromatic heterocycles. The first kappa shape index (κ1) is 16.6. The highest BCUT2D eigenvalue weighted by atomic mass is 16.6. The lowest BCUT2D eigenvalue weighted by Crippen LogP contribution is -2.14. The number of hydrogen-bond donors (Lipinski definition) is 2. The third-order valence-electron chi connectivity index (χ3n) is 2.77. The van der Waals surface area contributed by atoms with Crippen molar-refractivity contribution < 1.29 is 29.5 Å². The van der Waals surface area contributed by atoms with Crippen LogP contribution in [-0.4, -0.2) is 33.7 Å². The van der Waals surface area contributed by atoms with E-state index in [-0.39, 0.29) is 30.7 Å². The zero-order valence-electron chi connectivity index (χ0n) is 11.3. The summed E-state index contributed by atoms with van der Waals surface area (Å²) in [5.74, 6) is -1.99. The Morgan fingerprint density at radius 1 is 1.43 bits per heavy atom. The second-order valence-electron chi connectivity index (χ2n) is 4.19. The number of rotatable bonds is 7. The number of aliphatic hydroxyl groups excluding tert-OH is 1. The molecule has 0 spiro atoms. The van der Waals surface area contributed by atoms with Crippen molar-refractivity contribution in [3.8, 4) is 0 Å². The lowest BCUT2D eigenvalue weighted by molar-refractivity contribution is -0.385. The minimum atomic E-state index is -1.89. The van der Waals surface area contributed by atoms with Gasteiger partial charge < -0.3 is 14.9 Å². The zero-order chi connectivity index (χ0) is 16.0. The normalized spacial score (nSPS) is 11.7. The van der Waals surface area contributed by atoms with Crippen LogP contribution in [0.4, 0.5) is 5.69 Å². The monoisotopic (exact) mass is 297 g/mol. The molecule has 0 fully saturated rings. The number of ether oxygens (including phenoxy) is 1. The number of carbonyl (C=O) groups is 2. The number of aliphatic hydroxyl groups is 1. The topological polar surface area (TPSA) is 127 Å². The van der Waals surface area contributed by atoms with E-state index in [4.69, 9.17) is 9.84 Å². The predicted octanol–water partition coefficient (Wildman–Crippen LogP) is 1.21. The highest BCUT2D eigenvalue weighted by Crippen LogP contribution is 2.25. The van der Waals surface area contributed by atoms with Gasteiger partial charge in [0.05, 0.1) is 11.5 Å². The second kappa shape index (κ2) is 7.34. The van der Waals surface area contributed by atoms with Crippen molar-refractivity contribution in [1.82, 2.24) is 0 Å². The van der Waals surface area contributed by atoms with Crippen molar-refractivity contribution in [1.29, 1.82) is 0 Å². The maximum Gasteiger partial charge on any atom is 0.337 e. The Hall–Kier alpha value is -2.48. The molecule has 0 aliphatic rings. The molecule has 1 rings (SSSR count). The van der Waals surface area contributed by atoms with Gasteiger partial charge in [0.1, 0.15) is 0 Å². The van der Waals surface area contributed by atoms with E-state index in [1.165, 1.54) is 12.1 Å². The SMILES string of the molecule is CCOC(=O)CCc1ccc([N+](=O)[O-])cc1C(O)C(=O)O. The Kier molecular flexibility index (Phi) is 5.79. The number of nitro groups is 1. The summed E-state index contributed by atoms with van der Waals surface area (Å²) in [4.78, 5) is 32.2. The van der Waals surface area contributed by atoms with Crippen LogP contribution in [0.3, 0.4) is 0 Å². The summed E-state index contributed by atoms with van der Waals surface area (Å²) in [7, 11) is 0. The summed E-state index contributed by atoms with van der Waals surface area (Å²) in [6, 6.07) is 3.52. The van der Waals surface area contributed by atoms with E-state index in [0.717, 1.165) is 6.07 Å². The molecular formula is C13H15NO7. The Bertz CT molecular complexity index is 555. The van der Waals surface area contributed by atoms with Crippen molar-refractivity contribution >= 4 is 17.6 Å². The van der Waals surface area contributed by atoms with E-state index >= 15 is 0 Å². The molecule has 0 amide bonds. The fourth-order valence-electron chi connectivity index (χ4n) is 1.78. The maximum atomic E-state index is 11.3. The smallest absolute Gasteiger partial charge is 0.337 e. The molecule has 2 N–H and O–H groups in total. The molecule has 0 bridgehead atoms. The average Bonchev–Trinajstić information content (AvgIpc) is 2.44. The molecular weight excluding hydrogens is 282 g/mol. The van der Waals surface area contributed by atoms with Crippen molar-refractivity contribution in [3.05, 3.63) is 39.4 Å². The Morgan fingerprint density at radius 2 is 2.10 bits per heavy atom. The largest absolute Gasteiger partial charge is 0.479 e. The molecule has 0 heterocycles. The van der Waals surface area contributed by atoms with Crippen LogP contribution in [0.1, 0.15) is 30.6 Å². The number of aryl methyl sites for hydroxylation is 1. The van der Waals surface area contributed by atoms with Crippen LogP contribution in [-0.2, 0) is 20.7 Å². The Morgan fingerprint density at radius 3 is 2.62 bits per heavy atom. The molecule has 1 aromatic rings. The highest BCUT2D eigenvalue weighted by Gasteiger charge is 2.22. The molecule has 0 saturated carbocycles. The molecule has 0 saturated heterocycles. The van der Waals surface area contributed by atoms with Crippen molar-refractivity contribution in [2.24, 2.45) is 0 Å². The number of carboxylic acids is 1. The molecule has 114 valence electrons. The second-order valence-corrected chi connectivity index (χ2v) is 4.19. The number of non-ortho nitro benzene ring substituents is 1. The van der Waals surface area contributed by atoms with Crippen LogP contribution in [0.5, 0.6) is 0 Å². The van der Waals surface area contributed by atoms with Crippen molar-refractivity contribution in [3.63, 3.8) is 0 Å². The number of nitro benzene ring substituents is 1. The van der Waals surface area contributed by atoms with Gasteiger partial charge in [0.15, 0.2) is 6.10 Å². The molecule has 1 unspecified atom stereocenters. The number of benzene rings is 1. The number of carbonyl (C=O) groups excluding carboxylic acids is 1. The van der Waals surface area contributed by atoms with Crippen molar-refractivity contribution in [2.75, 3.05) is 6.61 Å². The van der Waals surface area contributed by atoms with Crippen LogP contribution in [0, 0.1) is 10.1 Å². The van der Waals surface area contributed by atoms with Crippen LogP contribution < -0.4 is 0 Å². The predicted molar refractivity (Wildman–Crippen MR) is 70.6 cm³/mol. The number of esters is 1. The van der Waals surface area contributed by atoms with E-state index in [9.17, 15) is 24.8 Å². The minimum absolute atomic E-state index is 0.00894.